The van der Waals surface area contributed by atoms with Crippen molar-refractivity contribution in [3.8, 4) is 0 Å². The molecule has 1 saturated heterocycles. The molecule has 0 amide bonds. The summed E-state index contributed by atoms with van der Waals surface area (Å²) in [6.45, 7) is 5.38. The normalized spacial score (nSPS) is 28.7. The molecule has 1 N–H and O–H groups in total. The van der Waals surface area contributed by atoms with Crippen LogP contribution in [0.3, 0.4) is 0 Å². The van der Waals surface area contributed by atoms with Crippen molar-refractivity contribution in [2.45, 2.75) is 20.3 Å². The van der Waals surface area contributed by atoms with Gasteiger partial charge in [0.15, 0.2) is 0 Å². The summed E-state index contributed by atoms with van der Waals surface area (Å²) in [6.07, 6.45) is 0.229. The molecule has 3 nitrogen and oxygen atoms in total. The second kappa shape index (κ2) is 2.81. The Hall–Kier alpha value is -0.570. The maximum atomic E-state index is 10.4. The van der Waals surface area contributed by atoms with Crippen molar-refractivity contribution < 1.29 is 14.6 Å². The quantitative estimate of drug-likeness (QED) is 0.655. The Morgan fingerprint density at radius 2 is 2.36 bits per heavy atom. The fourth-order valence-electron chi connectivity index (χ4n) is 1.35. The minimum Gasteiger partial charge on any atom is -0.481 e. The molecule has 0 radical (unpaired) electrons. The van der Waals surface area contributed by atoms with Crippen molar-refractivity contribution in [3.63, 3.8) is 0 Å². The largest absolute Gasteiger partial charge is 0.481 e. The average molecular weight is 158 g/mol. The smallest absolute Gasteiger partial charge is 0.303 e. The zero-order chi connectivity index (χ0) is 8.48. The molecular weight excluding hydrogens is 144 g/mol. The van der Waals surface area contributed by atoms with Crippen LogP contribution in [0.15, 0.2) is 0 Å². The summed E-state index contributed by atoms with van der Waals surface area (Å²) < 4.78 is 5.21. The Labute approximate surface area is 66.4 Å². The van der Waals surface area contributed by atoms with Gasteiger partial charge in [0.1, 0.15) is 0 Å². The first-order valence-corrected chi connectivity index (χ1v) is 3.82. The molecule has 0 bridgehead atoms. The molecule has 0 aromatic heterocycles. The van der Waals surface area contributed by atoms with E-state index in [1.54, 1.807) is 0 Å². The second-order valence-corrected chi connectivity index (χ2v) is 3.80. The Morgan fingerprint density at radius 1 is 1.73 bits per heavy atom. The summed E-state index contributed by atoms with van der Waals surface area (Å²) in [5, 5.41) is 8.55. The highest BCUT2D eigenvalue weighted by atomic mass is 16.5. The van der Waals surface area contributed by atoms with E-state index in [9.17, 15) is 4.79 Å². The van der Waals surface area contributed by atoms with Crippen LogP contribution in [-0.4, -0.2) is 24.3 Å². The number of hydrogen-bond acceptors (Lipinski definition) is 2. The van der Waals surface area contributed by atoms with Crippen LogP contribution >= 0.6 is 0 Å². The molecular formula is C8H14O3. The summed E-state index contributed by atoms with van der Waals surface area (Å²) in [4.78, 5) is 10.4. The molecule has 1 atom stereocenters. The number of carbonyl (C=O) groups is 1. The van der Waals surface area contributed by atoms with E-state index in [0.29, 0.717) is 13.2 Å². The summed E-state index contributed by atoms with van der Waals surface area (Å²) in [6, 6.07) is 0. The van der Waals surface area contributed by atoms with E-state index in [4.69, 9.17) is 9.84 Å². The Bertz CT molecular complexity index is 163. The van der Waals surface area contributed by atoms with Gasteiger partial charge in [0.25, 0.3) is 0 Å². The van der Waals surface area contributed by atoms with Crippen LogP contribution in [0.4, 0.5) is 0 Å². The van der Waals surface area contributed by atoms with Gasteiger partial charge < -0.3 is 9.84 Å². The molecule has 1 fully saturated rings. The predicted octanol–water partition coefficient (Wildman–Crippen LogP) is 1.13. The molecule has 0 aromatic carbocycles. The molecule has 0 aliphatic carbocycles. The molecule has 1 aliphatic rings. The first kappa shape index (κ1) is 8.53. The minimum absolute atomic E-state index is 0.0401. The van der Waals surface area contributed by atoms with Crippen molar-refractivity contribution in [3.05, 3.63) is 0 Å². The molecule has 1 heterocycles. The summed E-state index contributed by atoms with van der Waals surface area (Å²) in [5.74, 6) is -0.548. The van der Waals surface area contributed by atoms with Gasteiger partial charge in [-0.1, -0.05) is 13.8 Å². The fourth-order valence-corrected chi connectivity index (χ4v) is 1.35. The number of ether oxygens (including phenoxy) is 1. The van der Waals surface area contributed by atoms with Crippen LogP contribution in [-0.2, 0) is 9.53 Å². The molecule has 11 heavy (non-hydrogen) atoms. The lowest BCUT2D eigenvalue weighted by Crippen LogP contribution is -2.24. The molecule has 0 aromatic rings. The standard InChI is InChI=1S/C8H14O3/c1-8(2)5-11-4-6(8)3-7(9)10/h6H,3-5H2,1-2H3,(H,9,10). The number of aliphatic carboxylic acids is 1. The average Bonchev–Trinajstić information content (AvgIpc) is 2.10. The number of rotatable bonds is 2. The SMILES string of the molecule is CC1(C)COCC1CC(=O)O. The van der Waals surface area contributed by atoms with E-state index in [1.807, 2.05) is 13.8 Å². The zero-order valence-electron chi connectivity index (χ0n) is 6.96. The van der Waals surface area contributed by atoms with Crippen LogP contribution < -0.4 is 0 Å². The molecule has 1 rings (SSSR count). The van der Waals surface area contributed by atoms with Gasteiger partial charge in [-0.05, 0) is 11.3 Å². The lowest BCUT2D eigenvalue weighted by atomic mass is 9.80. The van der Waals surface area contributed by atoms with Crippen molar-refractivity contribution in [2.75, 3.05) is 13.2 Å². The van der Waals surface area contributed by atoms with E-state index >= 15 is 0 Å². The number of hydrogen-bond donors (Lipinski definition) is 1. The van der Waals surface area contributed by atoms with Gasteiger partial charge in [-0.2, -0.15) is 0 Å². The predicted molar refractivity (Wildman–Crippen MR) is 40.3 cm³/mol. The molecule has 1 aliphatic heterocycles. The Balaban J connectivity index is 2.51. The van der Waals surface area contributed by atoms with Gasteiger partial charge in [-0.3, -0.25) is 4.79 Å². The van der Waals surface area contributed by atoms with E-state index in [1.165, 1.54) is 0 Å². The molecule has 64 valence electrons. The van der Waals surface area contributed by atoms with Crippen molar-refractivity contribution in [1.29, 1.82) is 0 Å². The van der Waals surface area contributed by atoms with Crippen LogP contribution in [0.2, 0.25) is 0 Å². The molecule has 0 saturated carbocycles. The van der Waals surface area contributed by atoms with Gasteiger partial charge in [-0.15, -0.1) is 0 Å². The van der Waals surface area contributed by atoms with E-state index in [2.05, 4.69) is 0 Å². The van der Waals surface area contributed by atoms with Crippen LogP contribution in [0.25, 0.3) is 0 Å². The van der Waals surface area contributed by atoms with Crippen molar-refractivity contribution >= 4 is 5.97 Å². The van der Waals surface area contributed by atoms with Crippen molar-refractivity contribution in [1.82, 2.24) is 0 Å². The van der Waals surface area contributed by atoms with Gasteiger partial charge in [0.2, 0.25) is 0 Å². The minimum atomic E-state index is -0.728. The first-order chi connectivity index (χ1) is 5.02. The van der Waals surface area contributed by atoms with Crippen molar-refractivity contribution in [2.24, 2.45) is 11.3 Å². The molecule has 1 unspecified atom stereocenters. The number of carboxylic acid groups (broad SMARTS) is 1. The highest BCUT2D eigenvalue weighted by Gasteiger charge is 2.36. The first-order valence-electron chi connectivity index (χ1n) is 3.82. The highest BCUT2D eigenvalue weighted by molar-refractivity contribution is 5.67. The van der Waals surface area contributed by atoms with Crippen LogP contribution in [0.5, 0.6) is 0 Å². The Kier molecular flexibility index (Phi) is 2.18. The van der Waals surface area contributed by atoms with E-state index in [-0.39, 0.29) is 17.8 Å². The zero-order valence-corrected chi connectivity index (χ0v) is 6.96. The summed E-state index contributed by atoms with van der Waals surface area (Å²) >= 11 is 0. The number of carboxylic acids is 1. The lowest BCUT2D eigenvalue weighted by molar-refractivity contribution is -0.138. The lowest BCUT2D eigenvalue weighted by Gasteiger charge is -2.22. The Morgan fingerprint density at radius 3 is 2.73 bits per heavy atom. The monoisotopic (exact) mass is 158 g/mol. The summed E-state index contributed by atoms with van der Waals surface area (Å²) in [7, 11) is 0. The second-order valence-electron chi connectivity index (χ2n) is 3.80. The van der Waals surface area contributed by atoms with E-state index in [0.717, 1.165) is 0 Å². The van der Waals surface area contributed by atoms with Gasteiger partial charge in [0.05, 0.1) is 19.6 Å². The maximum absolute atomic E-state index is 10.4. The third-order valence-electron chi connectivity index (χ3n) is 2.32. The van der Waals surface area contributed by atoms with Gasteiger partial charge in [0, 0.05) is 0 Å². The van der Waals surface area contributed by atoms with E-state index < -0.39 is 5.97 Å². The molecule has 3 heteroatoms. The topological polar surface area (TPSA) is 46.5 Å². The third-order valence-corrected chi connectivity index (χ3v) is 2.32. The van der Waals surface area contributed by atoms with Crippen LogP contribution in [0, 0.1) is 11.3 Å². The third kappa shape index (κ3) is 1.93. The molecule has 0 spiro atoms. The highest BCUT2D eigenvalue weighted by Crippen LogP contribution is 2.35. The van der Waals surface area contributed by atoms with Gasteiger partial charge >= 0.3 is 5.97 Å². The van der Waals surface area contributed by atoms with Gasteiger partial charge in [-0.25, -0.2) is 0 Å². The maximum Gasteiger partial charge on any atom is 0.303 e. The summed E-state index contributed by atoms with van der Waals surface area (Å²) in [5.41, 5.74) is 0.0401. The van der Waals surface area contributed by atoms with Crippen LogP contribution in [0.1, 0.15) is 20.3 Å². The fraction of sp³-hybridized carbons (Fsp3) is 0.875.